The van der Waals surface area contributed by atoms with E-state index in [-0.39, 0.29) is 29.3 Å². The van der Waals surface area contributed by atoms with Gasteiger partial charge in [-0.15, -0.1) is 23.1 Å². The van der Waals surface area contributed by atoms with Gasteiger partial charge in [0.2, 0.25) is 5.91 Å². The van der Waals surface area contributed by atoms with Crippen LogP contribution in [0.3, 0.4) is 0 Å². The summed E-state index contributed by atoms with van der Waals surface area (Å²) in [6.07, 6.45) is 4.44. The highest BCUT2D eigenvalue weighted by atomic mass is 32.2. The number of fused-ring (bicyclic) bond motifs is 1. The molecule has 0 radical (unpaired) electrons. The van der Waals surface area contributed by atoms with Crippen LogP contribution in [-0.4, -0.2) is 16.6 Å². The third kappa shape index (κ3) is 4.49. The lowest BCUT2D eigenvalue weighted by Gasteiger charge is -2.17. The SMILES string of the molecule is CC1CCc2c(sc(NC(=O)CCSc3nc(N)c(C#N)c(-c4ccco4)c3C#N)c2C#N)C1. The molecule has 3 heterocycles. The molecular weight excluding hydrogens is 468 g/mol. The Kier molecular flexibility index (Phi) is 6.88. The van der Waals surface area contributed by atoms with Crippen LogP contribution in [0.2, 0.25) is 0 Å². The summed E-state index contributed by atoms with van der Waals surface area (Å²) < 4.78 is 5.40. The molecule has 0 spiro atoms. The Balaban J connectivity index is 1.49. The number of rotatable bonds is 6. The first-order valence-corrected chi connectivity index (χ1v) is 12.4. The molecule has 3 aromatic heterocycles. The number of nitrogens with zero attached hydrogens (tertiary/aromatic N) is 4. The van der Waals surface area contributed by atoms with Crippen molar-refractivity contribution in [2.45, 2.75) is 37.6 Å². The first-order chi connectivity index (χ1) is 16.5. The summed E-state index contributed by atoms with van der Waals surface area (Å²) in [5, 5.41) is 32.7. The number of carbonyl (C=O) groups is 1. The standard InChI is InChI=1S/C24H20N6O2S2/c1-13-4-5-14-15(10-25)24(34-19(14)9-13)29-20(31)6-8-33-23-17(12-27)21(18-3-2-7-32-18)16(11-26)22(28)30-23/h2-3,7,13H,4-6,8-9H2,1H3,(H2,28,30)(H,29,31). The highest BCUT2D eigenvalue weighted by Gasteiger charge is 2.25. The number of aromatic nitrogens is 1. The Morgan fingerprint density at radius 1 is 1.29 bits per heavy atom. The van der Waals surface area contributed by atoms with Crippen molar-refractivity contribution in [3.63, 3.8) is 0 Å². The lowest BCUT2D eigenvalue weighted by atomic mass is 9.89. The molecule has 1 aliphatic carbocycles. The molecule has 10 heteroatoms. The van der Waals surface area contributed by atoms with E-state index in [2.05, 4.69) is 29.4 Å². The van der Waals surface area contributed by atoms with Gasteiger partial charge in [0.1, 0.15) is 45.4 Å². The highest BCUT2D eigenvalue weighted by Crippen LogP contribution is 2.39. The predicted octanol–water partition coefficient (Wildman–Crippen LogP) is 4.85. The van der Waals surface area contributed by atoms with Gasteiger partial charge in [-0.05, 0) is 42.9 Å². The number of nitrogens with one attached hydrogen (secondary N) is 1. The fourth-order valence-electron chi connectivity index (χ4n) is 3.96. The molecule has 170 valence electrons. The van der Waals surface area contributed by atoms with Gasteiger partial charge in [0.15, 0.2) is 0 Å². The van der Waals surface area contributed by atoms with E-state index in [0.29, 0.717) is 38.6 Å². The van der Waals surface area contributed by atoms with Gasteiger partial charge in [-0.2, -0.15) is 15.8 Å². The molecule has 34 heavy (non-hydrogen) atoms. The number of furan rings is 1. The fourth-order valence-corrected chi connectivity index (χ4v) is 6.27. The molecule has 3 aromatic rings. The number of carbonyl (C=O) groups excluding carboxylic acids is 1. The fraction of sp³-hybridized carbons (Fsp3) is 0.292. The van der Waals surface area contributed by atoms with E-state index in [9.17, 15) is 20.6 Å². The molecule has 3 N–H and O–H groups in total. The van der Waals surface area contributed by atoms with Gasteiger partial charge in [0.25, 0.3) is 0 Å². The zero-order valence-corrected chi connectivity index (χ0v) is 20.0. The first-order valence-electron chi connectivity index (χ1n) is 10.6. The number of thioether (sulfide) groups is 1. The quantitative estimate of drug-likeness (QED) is 0.467. The molecule has 1 amide bonds. The Labute approximate surface area is 205 Å². The van der Waals surface area contributed by atoms with E-state index >= 15 is 0 Å². The van der Waals surface area contributed by atoms with Gasteiger partial charge in [-0.3, -0.25) is 4.79 Å². The van der Waals surface area contributed by atoms with Crippen molar-refractivity contribution in [1.29, 1.82) is 15.8 Å². The summed E-state index contributed by atoms with van der Waals surface area (Å²) in [5.41, 5.74) is 8.17. The molecule has 0 aliphatic heterocycles. The Morgan fingerprint density at radius 3 is 2.74 bits per heavy atom. The van der Waals surface area contributed by atoms with E-state index in [1.54, 1.807) is 12.1 Å². The second-order valence-electron chi connectivity index (χ2n) is 7.94. The van der Waals surface area contributed by atoms with Crippen molar-refractivity contribution < 1.29 is 9.21 Å². The van der Waals surface area contributed by atoms with Gasteiger partial charge in [0, 0.05) is 17.1 Å². The lowest BCUT2D eigenvalue weighted by Crippen LogP contribution is -2.12. The molecule has 8 nitrogen and oxygen atoms in total. The summed E-state index contributed by atoms with van der Waals surface area (Å²) in [4.78, 5) is 18.0. The van der Waals surface area contributed by atoms with Crippen LogP contribution < -0.4 is 11.1 Å². The van der Waals surface area contributed by atoms with E-state index in [0.717, 1.165) is 24.8 Å². The number of hydrogen-bond acceptors (Lipinski definition) is 9. The smallest absolute Gasteiger partial charge is 0.225 e. The minimum atomic E-state index is -0.220. The van der Waals surface area contributed by atoms with Gasteiger partial charge in [-0.1, -0.05) is 6.92 Å². The van der Waals surface area contributed by atoms with Crippen LogP contribution in [0, 0.1) is 39.9 Å². The second kappa shape index (κ2) is 10.0. The van der Waals surface area contributed by atoms with Gasteiger partial charge >= 0.3 is 0 Å². The molecule has 1 unspecified atom stereocenters. The van der Waals surface area contributed by atoms with Crippen LogP contribution in [0.4, 0.5) is 10.8 Å². The zero-order chi connectivity index (χ0) is 24.2. The van der Waals surface area contributed by atoms with Gasteiger partial charge in [-0.25, -0.2) is 4.98 Å². The van der Waals surface area contributed by atoms with Crippen LogP contribution in [0.5, 0.6) is 0 Å². The number of hydrogen-bond donors (Lipinski definition) is 2. The van der Waals surface area contributed by atoms with Crippen LogP contribution >= 0.6 is 23.1 Å². The summed E-state index contributed by atoms with van der Waals surface area (Å²) in [7, 11) is 0. The summed E-state index contributed by atoms with van der Waals surface area (Å²) >= 11 is 2.69. The third-order valence-corrected chi connectivity index (χ3v) is 7.77. The Hall–Kier alpha value is -3.78. The highest BCUT2D eigenvalue weighted by molar-refractivity contribution is 7.99. The van der Waals surface area contributed by atoms with Crippen LogP contribution in [0.25, 0.3) is 11.3 Å². The van der Waals surface area contributed by atoms with Crippen LogP contribution in [0.1, 0.15) is 46.9 Å². The van der Waals surface area contributed by atoms with Crippen LogP contribution in [-0.2, 0) is 17.6 Å². The van der Waals surface area contributed by atoms with Crippen molar-refractivity contribution in [2.75, 3.05) is 16.8 Å². The van der Waals surface area contributed by atoms with Crippen LogP contribution in [0.15, 0.2) is 27.8 Å². The second-order valence-corrected chi connectivity index (χ2v) is 10.1. The third-order valence-electron chi connectivity index (χ3n) is 5.63. The average Bonchev–Trinajstić information content (AvgIpc) is 3.45. The molecule has 1 aliphatic rings. The molecule has 0 aromatic carbocycles. The molecule has 0 saturated heterocycles. The number of pyridine rings is 1. The number of nitrogen functional groups attached to an aromatic ring is 1. The Bertz CT molecular complexity index is 1370. The summed E-state index contributed by atoms with van der Waals surface area (Å²) in [6, 6.07) is 9.64. The van der Waals surface area contributed by atoms with E-state index < -0.39 is 0 Å². The topological polar surface area (TPSA) is 153 Å². The normalized spacial score (nSPS) is 14.5. The maximum Gasteiger partial charge on any atom is 0.225 e. The maximum atomic E-state index is 12.6. The molecule has 0 fully saturated rings. The van der Waals surface area contributed by atoms with Gasteiger partial charge < -0.3 is 15.5 Å². The summed E-state index contributed by atoms with van der Waals surface area (Å²) in [5.74, 6) is 1.03. The number of nitriles is 3. The summed E-state index contributed by atoms with van der Waals surface area (Å²) in [6.45, 7) is 2.20. The number of anilines is 2. The van der Waals surface area contributed by atoms with Gasteiger partial charge in [0.05, 0.1) is 23.0 Å². The van der Waals surface area contributed by atoms with Crippen molar-refractivity contribution in [3.8, 4) is 29.5 Å². The average molecular weight is 489 g/mol. The first kappa shape index (κ1) is 23.4. The zero-order valence-electron chi connectivity index (χ0n) is 18.3. The van der Waals surface area contributed by atoms with E-state index in [1.807, 2.05) is 6.07 Å². The van der Waals surface area contributed by atoms with Crippen molar-refractivity contribution >= 4 is 39.8 Å². The molecule has 1 atom stereocenters. The largest absolute Gasteiger partial charge is 0.464 e. The molecule has 4 rings (SSSR count). The van der Waals surface area contributed by atoms with Crippen molar-refractivity contribution in [1.82, 2.24) is 4.98 Å². The lowest BCUT2D eigenvalue weighted by molar-refractivity contribution is -0.115. The van der Waals surface area contributed by atoms with E-state index in [1.165, 1.54) is 34.2 Å². The molecule has 0 saturated carbocycles. The minimum absolute atomic E-state index is 0.00286. The molecule has 0 bridgehead atoms. The minimum Gasteiger partial charge on any atom is -0.464 e. The number of thiophene rings is 1. The van der Waals surface area contributed by atoms with Crippen molar-refractivity contribution in [3.05, 3.63) is 45.5 Å². The van der Waals surface area contributed by atoms with E-state index in [4.69, 9.17) is 10.2 Å². The molecular formula is C24H20N6O2S2. The Morgan fingerprint density at radius 2 is 2.06 bits per heavy atom. The maximum absolute atomic E-state index is 12.6. The number of amides is 1. The number of nitrogens with two attached hydrogens (primary N) is 1. The van der Waals surface area contributed by atoms with Crippen molar-refractivity contribution in [2.24, 2.45) is 5.92 Å². The predicted molar refractivity (Wildman–Crippen MR) is 130 cm³/mol. The monoisotopic (exact) mass is 488 g/mol.